The van der Waals surface area contributed by atoms with Gasteiger partial charge >= 0.3 is 5.97 Å². The summed E-state index contributed by atoms with van der Waals surface area (Å²) in [7, 11) is 3.13. The number of nitrogens with zero attached hydrogens (tertiary/aromatic N) is 2. The monoisotopic (exact) mass is 344 g/mol. The van der Waals surface area contributed by atoms with Crippen LogP contribution in [0.4, 0.5) is 0 Å². The van der Waals surface area contributed by atoms with Gasteiger partial charge < -0.3 is 18.7 Å². The molecule has 0 saturated heterocycles. The number of aromatic nitrogens is 2. The number of hydrogen-bond donors (Lipinski definition) is 0. The van der Waals surface area contributed by atoms with Gasteiger partial charge in [0.1, 0.15) is 11.5 Å². The molecular weight excluding hydrogens is 324 g/mol. The highest BCUT2D eigenvalue weighted by atomic mass is 16.6. The number of rotatable bonds is 7. The van der Waals surface area contributed by atoms with Crippen molar-refractivity contribution in [3.8, 4) is 22.9 Å². The Hall–Kier alpha value is -2.83. The van der Waals surface area contributed by atoms with Gasteiger partial charge in [0, 0.05) is 6.07 Å². The topological polar surface area (TPSA) is 83.7 Å². The average molecular weight is 344 g/mol. The van der Waals surface area contributed by atoms with Crippen LogP contribution >= 0.6 is 0 Å². The molecule has 1 atom stereocenters. The molecule has 0 fully saturated rings. The first-order valence-electron chi connectivity index (χ1n) is 8.07. The van der Waals surface area contributed by atoms with Crippen LogP contribution in [0.15, 0.2) is 34.9 Å². The maximum absolute atomic E-state index is 11.8. The Labute approximate surface area is 145 Å². The molecule has 25 heavy (non-hydrogen) atoms. The molecule has 1 aliphatic carbocycles. The second-order valence-corrected chi connectivity index (χ2v) is 5.71. The van der Waals surface area contributed by atoms with Gasteiger partial charge in [0.2, 0.25) is 5.82 Å². The predicted molar refractivity (Wildman–Crippen MR) is 89.1 cm³/mol. The molecule has 0 bridgehead atoms. The number of carbonyl (C=O) groups is 1. The van der Waals surface area contributed by atoms with Crippen molar-refractivity contribution in [2.75, 3.05) is 14.2 Å². The van der Waals surface area contributed by atoms with Gasteiger partial charge in [-0.15, -0.1) is 0 Å². The van der Waals surface area contributed by atoms with Crippen molar-refractivity contribution < 1.29 is 23.5 Å². The Balaban J connectivity index is 1.62. The summed E-state index contributed by atoms with van der Waals surface area (Å²) in [5, 5.41) is 3.92. The lowest BCUT2D eigenvalue weighted by molar-refractivity contribution is -0.146. The highest BCUT2D eigenvalue weighted by molar-refractivity contribution is 5.70. The minimum absolute atomic E-state index is 0.0409. The molecule has 132 valence electrons. The highest BCUT2D eigenvalue weighted by Gasteiger charge is 2.18. The number of ether oxygens (including phenoxy) is 3. The number of carbonyl (C=O) groups excluding carboxylic acids is 1. The number of methoxy groups -OCH3 is 2. The van der Waals surface area contributed by atoms with Gasteiger partial charge in [0.15, 0.2) is 6.61 Å². The summed E-state index contributed by atoms with van der Waals surface area (Å²) in [4.78, 5) is 16.1. The first-order chi connectivity index (χ1) is 12.2. The fraction of sp³-hybridized carbons (Fsp3) is 0.389. The van der Waals surface area contributed by atoms with E-state index < -0.39 is 0 Å². The molecule has 0 unspecified atom stereocenters. The van der Waals surface area contributed by atoms with Crippen LogP contribution in [-0.4, -0.2) is 30.3 Å². The summed E-state index contributed by atoms with van der Waals surface area (Å²) in [5.74, 6) is 1.84. The van der Waals surface area contributed by atoms with E-state index in [0.717, 1.165) is 12.8 Å². The Morgan fingerprint density at radius 1 is 1.32 bits per heavy atom. The molecule has 0 aliphatic heterocycles. The summed E-state index contributed by atoms with van der Waals surface area (Å²) in [6.45, 7) is -0.0409. The van der Waals surface area contributed by atoms with Crippen molar-refractivity contribution in [2.24, 2.45) is 5.92 Å². The normalized spacial score (nSPS) is 16.0. The molecular formula is C18H20N2O5. The number of allylic oxidation sites excluding steroid dienone is 2. The van der Waals surface area contributed by atoms with Crippen LogP contribution in [0, 0.1) is 5.92 Å². The third-order valence-corrected chi connectivity index (χ3v) is 4.02. The van der Waals surface area contributed by atoms with E-state index in [1.54, 1.807) is 32.4 Å². The van der Waals surface area contributed by atoms with E-state index in [1.165, 1.54) is 0 Å². The van der Waals surface area contributed by atoms with Crippen molar-refractivity contribution in [3.05, 3.63) is 36.2 Å². The van der Waals surface area contributed by atoms with Crippen molar-refractivity contribution in [1.82, 2.24) is 10.1 Å². The molecule has 1 aliphatic rings. The largest absolute Gasteiger partial charge is 0.497 e. The van der Waals surface area contributed by atoms with Gasteiger partial charge in [-0.2, -0.15) is 4.98 Å². The quantitative estimate of drug-likeness (QED) is 0.563. The lowest BCUT2D eigenvalue weighted by atomic mass is 10.1. The van der Waals surface area contributed by atoms with Crippen molar-refractivity contribution >= 4 is 5.97 Å². The van der Waals surface area contributed by atoms with E-state index in [9.17, 15) is 4.79 Å². The van der Waals surface area contributed by atoms with Gasteiger partial charge in [0.25, 0.3) is 5.89 Å². The van der Waals surface area contributed by atoms with Crippen LogP contribution in [0.5, 0.6) is 11.5 Å². The standard InChI is InChI=1S/C18H20N2O5/c1-22-13-7-8-14(15(10-13)23-2)18-19-16(25-20-18)11-24-17(21)9-12-5-3-4-6-12/h3,5,7-8,10,12H,4,6,9,11H2,1-2H3/t12-/m1/s1. The Bertz CT molecular complexity index is 769. The van der Waals surface area contributed by atoms with E-state index in [-0.39, 0.29) is 24.4 Å². The Morgan fingerprint density at radius 3 is 2.92 bits per heavy atom. The van der Waals surface area contributed by atoms with Gasteiger partial charge in [-0.3, -0.25) is 4.79 Å². The average Bonchev–Trinajstić information content (AvgIpc) is 3.31. The smallest absolute Gasteiger partial charge is 0.306 e. The first-order valence-corrected chi connectivity index (χ1v) is 8.07. The SMILES string of the molecule is COc1ccc(-c2noc(COC(=O)C[C@@H]3C=CCC3)n2)c(OC)c1. The lowest BCUT2D eigenvalue weighted by Crippen LogP contribution is -2.09. The van der Waals surface area contributed by atoms with Crippen LogP contribution in [0.2, 0.25) is 0 Å². The predicted octanol–water partition coefficient (Wildman–Crippen LogP) is 3.15. The van der Waals surface area contributed by atoms with E-state index in [4.69, 9.17) is 18.7 Å². The summed E-state index contributed by atoms with van der Waals surface area (Å²) >= 11 is 0. The molecule has 1 aromatic heterocycles. The molecule has 1 heterocycles. The summed E-state index contributed by atoms with van der Waals surface area (Å²) in [6.07, 6.45) is 6.54. The van der Waals surface area contributed by atoms with Crippen LogP contribution in [0.1, 0.15) is 25.2 Å². The second-order valence-electron chi connectivity index (χ2n) is 5.71. The van der Waals surface area contributed by atoms with Gasteiger partial charge in [-0.1, -0.05) is 17.3 Å². The number of hydrogen-bond acceptors (Lipinski definition) is 7. The summed E-state index contributed by atoms with van der Waals surface area (Å²) < 4.78 is 20.9. The van der Waals surface area contributed by atoms with Crippen LogP contribution in [0.3, 0.4) is 0 Å². The molecule has 7 nitrogen and oxygen atoms in total. The Kier molecular flexibility index (Phi) is 5.33. The molecule has 0 radical (unpaired) electrons. The van der Waals surface area contributed by atoms with E-state index >= 15 is 0 Å². The summed E-state index contributed by atoms with van der Waals surface area (Å²) in [6, 6.07) is 5.30. The molecule has 3 rings (SSSR count). The lowest BCUT2D eigenvalue weighted by Gasteiger charge is -2.07. The molecule has 0 saturated carbocycles. The summed E-state index contributed by atoms with van der Waals surface area (Å²) in [5.41, 5.74) is 0.667. The van der Waals surface area contributed by atoms with E-state index in [1.807, 2.05) is 0 Å². The number of benzene rings is 1. The third-order valence-electron chi connectivity index (χ3n) is 4.02. The molecule has 2 aromatic rings. The van der Waals surface area contributed by atoms with Crippen molar-refractivity contribution in [1.29, 1.82) is 0 Å². The van der Waals surface area contributed by atoms with Gasteiger partial charge in [-0.05, 0) is 30.9 Å². The fourth-order valence-corrected chi connectivity index (χ4v) is 2.69. The minimum atomic E-state index is -0.265. The van der Waals surface area contributed by atoms with Crippen LogP contribution < -0.4 is 9.47 Å². The molecule has 1 aromatic carbocycles. The molecule has 0 N–H and O–H groups in total. The zero-order valence-corrected chi connectivity index (χ0v) is 14.2. The highest BCUT2D eigenvalue weighted by Crippen LogP contribution is 2.31. The first kappa shape index (κ1) is 17.0. The van der Waals surface area contributed by atoms with Gasteiger partial charge in [-0.25, -0.2) is 0 Å². The van der Waals surface area contributed by atoms with Crippen molar-refractivity contribution in [3.63, 3.8) is 0 Å². The maximum Gasteiger partial charge on any atom is 0.306 e. The van der Waals surface area contributed by atoms with E-state index in [2.05, 4.69) is 22.3 Å². The number of esters is 1. The van der Waals surface area contributed by atoms with Crippen LogP contribution in [-0.2, 0) is 16.1 Å². The van der Waals surface area contributed by atoms with E-state index in [0.29, 0.717) is 29.3 Å². The molecule has 0 spiro atoms. The maximum atomic E-state index is 11.8. The zero-order valence-electron chi connectivity index (χ0n) is 14.2. The molecule has 7 heteroatoms. The fourth-order valence-electron chi connectivity index (χ4n) is 2.69. The third kappa shape index (κ3) is 4.17. The van der Waals surface area contributed by atoms with Crippen LogP contribution in [0.25, 0.3) is 11.4 Å². The Morgan fingerprint density at radius 2 is 2.20 bits per heavy atom. The second kappa shape index (κ2) is 7.83. The van der Waals surface area contributed by atoms with Crippen molar-refractivity contribution in [2.45, 2.75) is 25.9 Å². The molecule has 0 amide bonds. The minimum Gasteiger partial charge on any atom is -0.497 e. The zero-order chi connectivity index (χ0) is 17.6. The van der Waals surface area contributed by atoms with Gasteiger partial charge in [0.05, 0.1) is 26.2 Å².